The molecule has 0 amide bonds. The summed E-state index contributed by atoms with van der Waals surface area (Å²) < 4.78 is 10.9. The first-order valence-corrected chi connectivity index (χ1v) is 7.34. The Kier molecular flexibility index (Phi) is 5.52. The molecule has 1 aromatic carbocycles. The molecule has 3 nitrogen and oxygen atoms in total. The van der Waals surface area contributed by atoms with E-state index in [1.165, 1.54) is 31.2 Å². The van der Waals surface area contributed by atoms with E-state index in [0.717, 1.165) is 30.5 Å². The fourth-order valence-electron chi connectivity index (χ4n) is 2.42. The van der Waals surface area contributed by atoms with Crippen LogP contribution in [-0.4, -0.2) is 20.3 Å². The molecule has 19 heavy (non-hydrogen) atoms. The van der Waals surface area contributed by atoms with Crippen molar-refractivity contribution in [3.63, 3.8) is 0 Å². The number of hydrogen-bond acceptors (Lipinski definition) is 3. The minimum Gasteiger partial charge on any atom is -0.493 e. The maximum absolute atomic E-state index is 5.52. The van der Waals surface area contributed by atoms with Crippen molar-refractivity contribution in [2.24, 2.45) is 5.92 Å². The third kappa shape index (κ3) is 4.13. The molecule has 1 fully saturated rings. The molecule has 1 saturated carbocycles. The highest BCUT2D eigenvalue weighted by molar-refractivity contribution is 5.42. The zero-order chi connectivity index (χ0) is 13.5. The Labute approximate surface area is 116 Å². The Hall–Kier alpha value is -1.22. The molecule has 0 aromatic heterocycles. The van der Waals surface area contributed by atoms with E-state index in [9.17, 15) is 0 Å². The summed E-state index contributed by atoms with van der Waals surface area (Å²) in [6.07, 6.45) is 5.60. The molecule has 1 aliphatic carbocycles. The van der Waals surface area contributed by atoms with Crippen molar-refractivity contribution < 1.29 is 9.47 Å². The van der Waals surface area contributed by atoms with Crippen molar-refractivity contribution in [3.8, 4) is 11.5 Å². The molecule has 0 heterocycles. The smallest absolute Gasteiger partial charge is 0.161 e. The Morgan fingerprint density at radius 3 is 2.74 bits per heavy atom. The minimum atomic E-state index is 0.662. The predicted octanol–water partition coefficient (Wildman–Crippen LogP) is 3.37. The summed E-state index contributed by atoms with van der Waals surface area (Å²) in [6, 6.07) is 6.15. The third-order valence-electron chi connectivity index (χ3n) is 3.81. The topological polar surface area (TPSA) is 30.5 Å². The molecule has 2 rings (SSSR count). The molecule has 3 heteroatoms. The zero-order valence-electron chi connectivity index (χ0n) is 12.1. The molecule has 0 atom stereocenters. The number of hydrogen-bond donors (Lipinski definition) is 1. The monoisotopic (exact) mass is 263 g/mol. The summed E-state index contributed by atoms with van der Waals surface area (Å²) in [6.45, 7) is 4.65. The van der Waals surface area contributed by atoms with Gasteiger partial charge in [-0.05, 0) is 43.5 Å². The summed E-state index contributed by atoms with van der Waals surface area (Å²) >= 11 is 0. The van der Waals surface area contributed by atoms with Gasteiger partial charge >= 0.3 is 0 Å². The first-order valence-electron chi connectivity index (χ1n) is 7.34. The maximum atomic E-state index is 5.52. The Morgan fingerprint density at radius 2 is 2.11 bits per heavy atom. The molecule has 0 bridgehead atoms. The second-order valence-corrected chi connectivity index (χ2v) is 5.18. The van der Waals surface area contributed by atoms with Gasteiger partial charge in [0.05, 0.1) is 13.7 Å². The van der Waals surface area contributed by atoms with Crippen LogP contribution in [0.15, 0.2) is 18.2 Å². The molecule has 1 aliphatic rings. The van der Waals surface area contributed by atoms with E-state index < -0.39 is 0 Å². The average Bonchev–Trinajstić information content (AvgIpc) is 2.38. The number of benzene rings is 1. The van der Waals surface area contributed by atoms with Crippen LogP contribution in [0, 0.1) is 5.92 Å². The van der Waals surface area contributed by atoms with Crippen molar-refractivity contribution in [2.45, 2.75) is 39.2 Å². The van der Waals surface area contributed by atoms with E-state index in [2.05, 4.69) is 17.4 Å². The van der Waals surface area contributed by atoms with Crippen LogP contribution in [0.2, 0.25) is 0 Å². The summed E-state index contributed by atoms with van der Waals surface area (Å²) in [7, 11) is 1.69. The quantitative estimate of drug-likeness (QED) is 0.729. The first kappa shape index (κ1) is 14.2. The molecule has 1 aromatic rings. The Bertz CT molecular complexity index is 388. The van der Waals surface area contributed by atoms with Crippen LogP contribution < -0.4 is 14.8 Å². The number of ether oxygens (including phenoxy) is 2. The van der Waals surface area contributed by atoms with Crippen molar-refractivity contribution in [3.05, 3.63) is 23.8 Å². The zero-order valence-corrected chi connectivity index (χ0v) is 12.1. The van der Waals surface area contributed by atoms with Crippen molar-refractivity contribution >= 4 is 0 Å². The number of nitrogens with one attached hydrogen (secondary N) is 1. The molecule has 0 saturated heterocycles. The second kappa shape index (κ2) is 7.39. The van der Waals surface area contributed by atoms with Crippen LogP contribution in [0.25, 0.3) is 0 Å². The van der Waals surface area contributed by atoms with Gasteiger partial charge in [0.15, 0.2) is 11.5 Å². The summed E-state index contributed by atoms with van der Waals surface area (Å²) in [5, 5.41) is 3.51. The third-order valence-corrected chi connectivity index (χ3v) is 3.81. The van der Waals surface area contributed by atoms with Crippen LogP contribution in [0.5, 0.6) is 11.5 Å². The summed E-state index contributed by atoms with van der Waals surface area (Å²) in [5.74, 6) is 2.62. The van der Waals surface area contributed by atoms with E-state index in [4.69, 9.17) is 9.47 Å². The fraction of sp³-hybridized carbons (Fsp3) is 0.625. The van der Waals surface area contributed by atoms with Gasteiger partial charge in [-0.1, -0.05) is 25.3 Å². The lowest BCUT2D eigenvalue weighted by atomic mass is 9.83. The number of methoxy groups -OCH3 is 1. The highest BCUT2D eigenvalue weighted by Crippen LogP contribution is 2.29. The summed E-state index contributed by atoms with van der Waals surface area (Å²) in [5.41, 5.74) is 1.24. The molecule has 0 unspecified atom stereocenters. The summed E-state index contributed by atoms with van der Waals surface area (Å²) in [4.78, 5) is 0. The maximum Gasteiger partial charge on any atom is 0.161 e. The van der Waals surface area contributed by atoms with Gasteiger partial charge in [0.25, 0.3) is 0 Å². The Morgan fingerprint density at radius 1 is 1.26 bits per heavy atom. The highest BCUT2D eigenvalue weighted by Gasteiger charge is 2.16. The highest BCUT2D eigenvalue weighted by atomic mass is 16.5. The van der Waals surface area contributed by atoms with Gasteiger partial charge < -0.3 is 14.8 Å². The van der Waals surface area contributed by atoms with Crippen LogP contribution in [-0.2, 0) is 6.54 Å². The van der Waals surface area contributed by atoms with Gasteiger partial charge in [0.2, 0.25) is 0 Å². The van der Waals surface area contributed by atoms with Crippen molar-refractivity contribution in [1.29, 1.82) is 0 Å². The van der Waals surface area contributed by atoms with Crippen molar-refractivity contribution in [1.82, 2.24) is 5.32 Å². The largest absolute Gasteiger partial charge is 0.493 e. The SMILES string of the molecule is CCOc1ccc(CNCCC2CCC2)cc1OC. The number of rotatable bonds is 8. The first-order chi connectivity index (χ1) is 9.33. The van der Waals surface area contributed by atoms with Crippen LogP contribution in [0.4, 0.5) is 0 Å². The lowest BCUT2D eigenvalue weighted by Crippen LogP contribution is -2.21. The van der Waals surface area contributed by atoms with Gasteiger partial charge in [-0.25, -0.2) is 0 Å². The molecular formula is C16H25NO2. The van der Waals surface area contributed by atoms with Crippen molar-refractivity contribution in [2.75, 3.05) is 20.3 Å². The molecule has 106 valence electrons. The lowest BCUT2D eigenvalue weighted by molar-refractivity contribution is 0.292. The predicted molar refractivity (Wildman–Crippen MR) is 77.8 cm³/mol. The Balaban J connectivity index is 1.78. The van der Waals surface area contributed by atoms with Crippen LogP contribution in [0.1, 0.15) is 38.2 Å². The van der Waals surface area contributed by atoms with E-state index >= 15 is 0 Å². The standard InChI is InChI=1S/C16H25NO2/c1-3-19-15-8-7-14(11-16(15)18-2)12-17-10-9-13-5-4-6-13/h7-8,11,13,17H,3-6,9-10,12H2,1-2H3. The van der Waals surface area contributed by atoms with E-state index in [1.807, 2.05) is 13.0 Å². The van der Waals surface area contributed by atoms with E-state index in [1.54, 1.807) is 7.11 Å². The van der Waals surface area contributed by atoms with Gasteiger partial charge in [0.1, 0.15) is 0 Å². The lowest BCUT2D eigenvalue weighted by Gasteiger charge is -2.25. The van der Waals surface area contributed by atoms with Gasteiger partial charge in [0, 0.05) is 6.54 Å². The fourth-order valence-corrected chi connectivity index (χ4v) is 2.42. The molecule has 0 radical (unpaired) electrons. The van der Waals surface area contributed by atoms with Crippen LogP contribution in [0.3, 0.4) is 0 Å². The minimum absolute atomic E-state index is 0.662. The van der Waals surface area contributed by atoms with Gasteiger partial charge in [-0.2, -0.15) is 0 Å². The van der Waals surface area contributed by atoms with Gasteiger partial charge in [-0.3, -0.25) is 0 Å². The second-order valence-electron chi connectivity index (χ2n) is 5.18. The molecule has 1 N–H and O–H groups in total. The average molecular weight is 263 g/mol. The van der Waals surface area contributed by atoms with E-state index in [0.29, 0.717) is 6.61 Å². The molecule has 0 spiro atoms. The molecule has 0 aliphatic heterocycles. The normalized spacial score (nSPS) is 15.1. The van der Waals surface area contributed by atoms with Gasteiger partial charge in [-0.15, -0.1) is 0 Å². The molecular weight excluding hydrogens is 238 g/mol. The van der Waals surface area contributed by atoms with Crippen LogP contribution >= 0.6 is 0 Å². The van der Waals surface area contributed by atoms with E-state index in [-0.39, 0.29) is 0 Å².